The number of phenols is 1. The molecule has 0 atom stereocenters. The van der Waals surface area contributed by atoms with E-state index >= 15 is 0 Å². The second kappa shape index (κ2) is 10.8. The van der Waals surface area contributed by atoms with Crippen LogP contribution in [0.3, 0.4) is 0 Å². The average Bonchev–Trinajstić information content (AvgIpc) is 2.45. The molecule has 2 rings (SSSR count). The fourth-order valence-corrected chi connectivity index (χ4v) is 2.33. The Hall–Kier alpha value is 0.0831. The Balaban J connectivity index is 0.000000612. The van der Waals surface area contributed by atoms with E-state index in [4.69, 9.17) is 17.0 Å². The van der Waals surface area contributed by atoms with Gasteiger partial charge in [0, 0.05) is 0 Å². The Kier molecular flexibility index (Phi) is 9.75. The number of benzene rings is 1. The summed E-state index contributed by atoms with van der Waals surface area (Å²) in [6, 6.07) is 5.56. The van der Waals surface area contributed by atoms with Gasteiger partial charge in [-0.2, -0.15) is 10.2 Å². The molecule has 0 radical (unpaired) electrons. The molecule has 1 aromatic carbocycles. The number of hydrogen-bond acceptors (Lipinski definition) is 3. The van der Waals surface area contributed by atoms with Gasteiger partial charge in [-0.3, -0.25) is 0 Å². The third-order valence-electron chi connectivity index (χ3n) is 3.46. The predicted octanol–water partition coefficient (Wildman–Crippen LogP) is 5.74. The number of halogens is 2. The second-order valence-corrected chi connectivity index (χ2v) is 8.67. The van der Waals surface area contributed by atoms with E-state index < -0.39 is 20.8 Å². The maximum atomic E-state index is 9.78. The van der Waals surface area contributed by atoms with Crippen molar-refractivity contribution in [3.05, 3.63) is 23.8 Å². The molecule has 0 bridgehead atoms. The topological polar surface area (TPSA) is 45.0 Å². The number of para-hydroxylation sites is 1. The van der Waals surface area contributed by atoms with E-state index in [-0.39, 0.29) is 5.75 Å². The average molecular weight is 394 g/mol. The van der Waals surface area contributed by atoms with Gasteiger partial charge in [-0.25, -0.2) is 0 Å². The summed E-state index contributed by atoms with van der Waals surface area (Å²) < 4.78 is 0. The van der Waals surface area contributed by atoms with Crippen LogP contribution in [0.4, 0.5) is 5.69 Å². The summed E-state index contributed by atoms with van der Waals surface area (Å²) in [5, 5.41) is 18.1. The van der Waals surface area contributed by atoms with Gasteiger partial charge in [0.25, 0.3) is 0 Å². The summed E-state index contributed by atoms with van der Waals surface area (Å²) in [6.07, 6.45) is 6.58. The monoisotopic (exact) mass is 392 g/mol. The van der Waals surface area contributed by atoms with E-state index in [1.807, 2.05) is 19.1 Å². The van der Waals surface area contributed by atoms with E-state index in [0.29, 0.717) is 11.6 Å². The van der Waals surface area contributed by atoms with Crippen molar-refractivity contribution < 1.29 is 26.0 Å². The van der Waals surface area contributed by atoms with Gasteiger partial charge in [-0.05, 0) is 37.3 Å². The Morgan fingerprint density at radius 2 is 1.90 bits per heavy atom. The van der Waals surface area contributed by atoms with Gasteiger partial charge in [-0.15, -0.1) is 0 Å². The first kappa shape index (κ1) is 18.1. The molecule has 0 spiro atoms. The van der Waals surface area contributed by atoms with Crippen molar-refractivity contribution in [3.63, 3.8) is 0 Å². The summed E-state index contributed by atoms with van der Waals surface area (Å²) >= 11 is -0.826. The minimum atomic E-state index is -0.826. The molecule has 1 saturated carbocycles. The number of nitrogens with zero attached hydrogens (tertiary/aromatic N) is 2. The normalized spacial score (nSPS) is 15.8. The van der Waals surface area contributed by atoms with Gasteiger partial charge in [-0.1, -0.05) is 31.4 Å². The molecule has 110 valence electrons. The van der Waals surface area contributed by atoms with Gasteiger partial charge in [0.1, 0.15) is 11.4 Å². The molecular weight excluding hydrogens is 374 g/mol. The second-order valence-electron chi connectivity index (χ2n) is 4.94. The van der Waals surface area contributed by atoms with E-state index in [1.165, 1.54) is 32.1 Å². The quantitative estimate of drug-likeness (QED) is 0.653. The molecule has 6 heteroatoms. The third-order valence-corrected chi connectivity index (χ3v) is 3.46. The number of phenolic OH excluding ortho intramolecular Hbond substituents is 1. The van der Waals surface area contributed by atoms with E-state index in [0.717, 1.165) is 12.1 Å². The van der Waals surface area contributed by atoms with Crippen molar-refractivity contribution in [2.45, 2.75) is 39.0 Å². The molecule has 1 N–H and O–H groups in total. The van der Waals surface area contributed by atoms with Gasteiger partial charge in [0.15, 0.2) is 0 Å². The molecule has 0 aromatic heterocycles. The summed E-state index contributed by atoms with van der Waals surface area (Å²) in [6.45, 7) is 2.67. The van der Waals surface area contributed by atoms with Crippen LogP contribution in [-0.4, -0.2) is 11.7 Å². The van der Waals surface area contributed by atoms with Gasteiger partial charge >= 0.3 is 37.9 Å². The van der Waals surface area contributed by atoms with Crippen LogP contribution < -0.4 is 0 Å². The first-order valence-electron chi connectivity index (χ1n) is 6.81. The van der Waals surface area contributed by atoms with E-state index in [1.54, 1.807) is 6.07 Å². The number of aryl methyl sites for hydroxylation is 1. The minimum absolute atomic E-state index is 0.250. The number of aromatic hydroxyl groups is 1. The zero-order valence-corrected chi connectivity index (χ0v) is 15.6. The fraction of sp³-hybridized carbons (Fsp3) is 0.571. The van der Waals surface area contributed by atoms with E-state index in [9.17, 15) is 5.11 Å². The van der Waals surface area contributed by atoms with Crippen molar-refractivity contribution in [1.29, 1.82) is 0 Å². The van der Waals surface area contributed by atoms with E-state index in [2.05, 4.69) is 10.2 Å². The molecule has 0 unspecified atom stereocenters. The molecule has 1 aliphatic rings. The molecule has 0 saturated heterocycles. The van der Waals surface area contributed by atoms with Crippen molar-refractivity contribution in [2.24, 2.45) is 16.1 Å². The molecule has 0 heterocycles. The Labute approximate surface area is 139 Å². The maximum absolute atomic E-state index is 9.78. The molecule has 20 heavy (non-hydrogen) atoms. The van der Waals surface area contributed by atoms with Crippen LogP contribution >= 0.6 is 17.0 Å². The fourth-order valence-electron chi connectivity index (χ4n) is 2.33. The van der Waals surface area contributed by atoms with Crippen LogP contribution in [0.5, 0.6) is 5.75 Å². The van der Waals surface area contributed by atoms with Gasteiger partial charge in [0.2, 0.25) is 0 Å². The molecule has 0 aliphatic heterocycles. The first-order valence-corrected chi connectivity index (χ1v) is 13.1. The predicted molar refractivity (Wildman–Crippen MR) is 80.5 cm³/mol. The molecule has 1 aliphatic carbocycles. The molecule has 1 fully saturated rings. The van der Waals surface area contributed by atoms with Gasteiger partial charge < -0.3 is 5.11 Å². The standard InChI is InChI=1S/C14H20N2O.2ClH.Zr/c1-11-6-5-9-13(14(11)17)16-15-10-12-7-3-2-4-8-12;;;/h5-6,9,12,17H,2-4,7-8,10H2,1H3;2*1H;/q;;;+2/p-2. The molecule has 0 amide bonds. The summed E-state index contributed by atoms with van der Waals surface area (Å²) in [5.74, 6) is 0.944. The van der Waals surface area contributed by atoms with Crippen LogP contribution in [0.15, 0.2) is 28.4 Å². The van der Waals surface area contributed by atoms with Crippen LogP contribution in [0.2, 0.25) is 0 Å². The Morgan fingerprint density at radius 1 is 1.25 bits per heavy atom. The molecule has 1 aromatic rings. The Bertz CT molecular complexity index is 424. The van der Waals surface area contributed by atoms with Gasteiger partial charge in [0.05, 0.1) is 6.54 Å². The zero-order chi connectivity index (χ0) is 14.8. The van der Waals surface area contributed by atoms with Crippen molar-refractivity contribution >= 4 is 22.7 Å². The molecular formula is C14H20Cl2N2OZr. The van der Waals surface area contributed by atoms with Crippen LogP contribution in [0.1, 0.15) is 37.7 Å². The zero-order valence-electron chi connectivity index (χ0n) is 11.6. The number of hydrogen-bond donors (Lipinski definition) is 1. The summed E-state index contributed by atoms with van der Waals surface area (Å²) in [5.41, 5.74) is 1.43. The van der Waals surface area contributed by atoms with Crippen molar-refractivity contribution in [3.8, 4) is 5.75 Å². The third kappa shape index (κ3) is 6.69. The SMILES string of the molecule is Cc1cccc(N=NCC2CCCCC2)c1O.[Cl][Zr][Cl]. The van der Waals surface area contributed by atoms with Crippen molar-refractivity contribution in [2.75, 3.05) is 6.54 Å². The van der Waals surface area contributed by atoms with Crippen LogP contribution in [0.25, 0.3) is 0 Å². The van der Waals surface area contributed by atoms with Crippen molar-refractivity contribution in [1.82, 2.24) is 0 Å². The molecule has 3 nitrogen and oxygen atoms in total. The summed E-state index contributed by atoms with van der Waals surface area (Å²) in [4.78, 5) is 0. The number of azo groups is 1. The first-order chi connectivity index (χ1) is 9.69. The van der Waals surface area contributed by atoms with Crippen LogP contribution in [0, 0.1) is 12.8 Å². The summed E-state index contributed by atoms with van der Waals surface area (Å²) in [7, 11) is 9.87. The number of rotatable bonds is 3. The Morgan fingerprint density at radius 3 is 2.55 bits per heavy atom. The van der Waals surface area contributed by atoms with Crippen LogP contribution in [-0.2, 0) is 20.8 Å².